The number of allylic oxidation sites excluding steroid dienone is 7. The van der Waals surface area contributed by atoms with Crippen LogP contribution in [0, 0.1) is 13.8 Å². The van der Waals surface area contributed by atoms with Gasteiger partial charge in [-0.15, -0.1) is 0 Å². The number of carboxylic acid groups (broad SMARTS) is 1. The van der Waals surface area contributed by atoms with Crippen LogP contribution >= 0.6 is 0 Å². The number of aryl methyl sites for hydroxylation is 3. The third-order valence-electron chi connectivity index (χ3n) is 18.0. The van der Waals surface area contributed by atoms with E-state index in [0.717, 1.165) is 95.5 Å². The Morgan fingerprint density at radius 2 is 1.51 bits per heavy atom. The van der Waals surface area contributed by atoms with Gasteiger partial charge in [-0.3, -0.25) is 24.2 Å². The van der Waals surface area contributed by atoms with E-state index >= 15 is 0 Å². The lowest BCUT2D eigenvalue weighted by atomic mass is 9.80. The summed E-state index contributed by atoms with van der Waals surface area (Å²) in [6.45, 7) is 18.3. The fourth-order valence-electron chi connectivity index (χ4n) is 12.8. The van der Waals surface area contributed by atoms with Gasteiger partial charge in [-0.1, -0.05) is 61.4 Å². The molecule has 19 heteroatoms. The van der Waals surface area contributed by atoms with Gasteiger partial charge in [-0.25, -0.2) is 14.8 Å². The number of aromatic amines is 1. The molecule has 7 N–H and O–H groups in total. The predicted octanol–water partition coefficient (Wildman–Crippen LogP) is 10.8. The first-order valence-electron chi connectivity index (χ1n) is 33.1. The van der Waals surface area contributed by atoms with Crippen LogP contribution in [0.5, 0.6) is 5.75 Å². The number of nitrogens with two attached hydrogens (primary N) is 1. The Kier molecular flexibility index (Phi) is 21.7. The Morgan fingerprint density at radius 3 is 2.22 bits per heavy atom. The van der Waals surface area contributed by atoms with Gasteiger partial charge >= 0.3 is 5.97 Å². The Bertz CT molecular complexity index is 4030. The van der Waals surface area contributed by atoms with Crippen LogP contribution in [0.25, 0.3) is 11.2 Å². The number of Topliss-reactive ketones (excluding diaryl/α,β-unsaturated/α-hetero) is 1. The van der Waals surface area contributed by atoms with Gasteiger partial charge in [-0.2, -0.15) is 9.56 Å². The largest absolute Gasteiger partial charge is 0.480 e. The number of carboxylic acids is 1. The molecule has 0 bridgehead atoms. The van der Waals surface area contributed by atoms with Crippen molar-refractivity contribution in [2.75, 3.05) is 91.0 Å². The highest BCUT2D eigenvalue weighted by atomic mass is 16.5. The number of H-pyrrole nitrogens is 1. The number of hydrogen-bond donors (Lipinski definition) is 6. The van der Waals surface area contributed by atoms with E-state index in [2.05, 4.69) is 190 Å². The van der Waals surface area contributed by atoms with E-state index in [-0.39, 0.29) is 77.4 Å². The van der Waals surface area contributed by atoms with Crippen molar-refractivity contribution < 1.29 is 42.6 Å². The predicted molar refractivity (Wildman–Crippen MR) is 374 cm³/mol. The highest BCUT2D eigenvalue weighted by Crippen LogP contribution is 2.49. The highest BCUT2D eigenvalue weighted by molar-refractivity contribution is 6.03. The summed E-state index contributed by atoms with van der Waals surface area (Å²) in [5, 5.41) is 18.5. The average molecular weight is 1280 g/mol. The van der Waals surface area contributed by atoms with E-state index in [9.17, 15) is 29.1 Å². The molecule has 9 rings (SSSR count). The normalized spacial score (nSPS) is 16.4. The number of benzene rings is 4. The molecule has 4 heterocycles. The third kappa shape index (κ3) is 17.6. The minimum atomic E-state index is -1.29. The van der Waals surface area contributed by atoms with Crippen LogP contribution in [0.3, 0.4) is 0 Å². The number of carbonyl (C=O) groups is 4. The molecular formula is C75H97N12O7+3. The van der Waals surface area contributed by atoms with Gasteiger partial charge in [-0.05, 0) is 149 Å². The summed E-state index contributed by atoms with van der Waals surface area (Å²) in [5.41, 5.74) is 19.8. The summed E-state index contributed by atoms with van der Waals surface area (Å²) in [7, 11) is 13.6. The Hall–Kier alpha value is -9.07. The zero-order valence-electron chi connectivity index (χ0n) is 57.2. The van der Waals surface area contributed by atoms with E-state index in [1.807, 2.05) is 24.3 Å². The maximum Gasteiger partial charge on any atom is 0.326 e. The van der Waals surface area contributed by atoms with Gasteiger partial charge in [0.25, 0.3) is 11.5 Å². The van der Waals surface area contributed by atoms with Crippen LogP contribution in [0.15, 0.2) is 143 Å². The fraction of sp³-hybridized carbons (Fsp3) is 0.427. The Labute approximate surface area is 553 Å². The van der Waals surface area contributed by atoms with Gasteiger partial charge in [0.05, 0.1) is 85.6 Å². The van der Waals surface area contributed by atoms with Crippen LogP contribution in [-0.4, -0.2) is 149 Å². The molecule has 1 aliphatic carbocycles. The van der Waals surface area contributed by atoms with Gasteiger partial charge in [0.15, 0.2) is 23.4 Å². The van der Waals surface area contributed by atoms with E-state index in [0.29, 0.717) is 30.8 Å². The molecule has 2 amide bonds. The quantitative estimate of drug-likeness (QED) is 0.0146. The van der Waals surface area contributed by atoms with E-state index in [1.165, 1.54) is 51.2 Å². The molecule has 2 aliphatic heterocycles. The number of ketones is 1. The lowest BCUT2D eigenvalue weighted by Crippen LogP contribution is -2.41. The van der Waals surface area contributed by atoms with Gasteiger partial charge in [0, 0.05) is 84.5 Å². The molecule has 0 spiro atoms. The van der Waals surface area contributed by atoms with Crippen LogP contribution < -0.4 is 36.9 Å². The molecule has 0 fully saturated rings. The minimum Gasteiger partial charge on any atom is -0.480 e. The number of quaternary nitrogens is 2. The number of ether oxygens (including phenoxy) is 1. The van der Waals surface area contributed by atoms with Crippen molar-refractivity contribution in [1.82, 2.24) is 30.6 Å². The number of hydrogen-bond acceptors (Lipinski definition) is 12. The van der Waals surface area contributed by atoms with Crippen molar-refractivity contribution in [2.45, 2.75) is 136 Å². The number of nitrogens with one attached hydrogen (secondary N) is 4. The number of carbonyl (C=O) groups excluding carboxylic acids is 3. The number of nitrogen functional groups attached to an aromatic ring is 1. The number of aromatic nitrogens is 4. The topological polar surface area (TPSA) is 238 Å². The number of aliphatic carboxylic acids is 1. The van der Waals surface area contributed by atoms with Crippen molar-refractivity contribution in [3.8, 4) is 5.75 Å². The van der Waals surface area contributed by atoms with E-state index in [4.69, 9.17) is 10.5 Å². The molecule has 0 unspecified atom stereocenters. The molecule has 19 nitrogen and oxygen atoms in total. The summed E-state index contributed by atoms with van der Waals surface area (Å²) >= 11 is 0. The Balaban J connectivity index is 0.821. The first-order chi connectivity index (χ1) is 44.5. The van der Waals surface area contributed by atoms with Crippen molar-refractivity contribution in [1.29, 1.82) is 0 Å². The van der Waals surface area contributed by atoms with Crippen LogP contribution in [-0.2, 0) is 38.2 Å². The standard InChI is InChI=1S/C75H94N12O7/c1-49-20-35-62-59(45-49)74(3,4)64(84(62)41-15-43-86(7,8)9)37-27-52-17-13-18-53(28-38-65-75(5,6)60-46-50(2)21-36-63(60)85(65)42-16-44-87(10,11)12)68(52)94-58-32-22-51(23-33-58)24-39-66(89)77-40-14-19-57(88)31-34-61(72(92)93)81-70(90)54-25-29-55(30-26-54)78-47-56-48-79-69-67(80-56)71(91)83-73(76)82-69/h20-23,25-30,32-33,35-38,45-46,48,61H,13-19,24,31,34,39-44,47H2,1-12H3,(H4-3,76,77,78,79,81,82,83,89,90,91,92,93)/p+3/t61-/m0/s1. The third-order valence-corrected chi connectivity index (χ3v) is 18.0. The molecule has 94 heavy (non-hydrogen) atoms. The average Bonchev–Trinajstić information content (AvgIpc) is 1.60. The van der Waals surface area contributed by atoms with Crippen molar-refractivity contribution >= 4 is 63.5 Å². The van der Waals surface area contributed by atoms with Gasteiger partial charge in [0.2, 0.25) is 17.5 Å². The molecule has 0 saturated heterocycles. The van der Waals surface area contributed by atoms with Crippen molar-refractivity contribution in [3.63, 3.8) is 0 Å². The summed E-state index contributed by atoms with van der Waals surface area (Å²) in [6, 6.07) is 26.9. The molecular weight excluding hydrogens is 1180 g/mol. The van der Waals surface area contributed by atoms with Gasteiger partial charge in [0.1, 0.15) is 23.3 Å². The van der Waals surface area contributed by atoms with Gasteiger partial charge < -0.3 is 45.4 Å². The summed E-state index contributed by atoms with van der Waals surface area (Å²) in [5.74, 6) is -0.619. The van der Waals surface area contributed by atoms with E-state index < -0.39 is 23.5 Å². The molecule has 2 aromatic heterocycles. The van der Waals surface area contributed by atoms with Crippen LogP contribution in [0.4, 0.5) is 23.0 Å². The second-order valence-corrected chi connectivity index (χ2v) is 28.6. The van der Waals surface area contributed by atoms with Crippen LogP contribution in [0.2, 0.25) is 0 Å². The maximum absolute atomic E-state index is 13.1. The van der Waals surface area contributed by atoms with Crippen LogP contribution in [0.1, 0.15) is 136 Å². The molecule has 3 aliphatic rings. The molecule has 0 saturated carbocycles. The SMILES string of the molecule is Cc1ccc2c(c1)C(C)(C)C(/C=C/C1=C(Oc3ccc(CCC(=O)NCCCC(=O)CC[C@H](NC(=O)c4ccc(NCc5cnc6nc(N)[nH]c(=O)c6n5)cc4)C(=O)O)cc3)C(=C/C=C3/N(CCC[N+](C)(C)C)c4ccc(C)cc4C3(C)C)/CCC1)=[N+]2CCC[N+](C)(C)C. The van der Waals surface area contributed by atoms with E-state index in [1.54, 1.807) is 24.3 Å². The molecule has 1 atom stereocenters. The lowest BCUT2D eigenvalue weighted by molar-refractivity contribution is -0.871. The second-order valence-electron chi connectivity index (χ2n) is 28.6. The molecule has 0 radical (unpaired) electrons. The highest BCUT2D eigenvalue weighted by Gasteiger charge is 2.45. The zero-order valence-corrected chi connectivity index (χ0v) is 57.2. The summed E-state index contributed by atoms with van der Waals surface area (Å²) in [6.07, 6.45) is 16.8. The van der Waals surface area contributed by atoms with Crippen molar-refractivity contribution in [2.24, 2.45) is 0 Å². The monoisotopic (exact) mass is 1280 g/mol. The molecule has 6 aromatic rings. The molecule has 4 aromatic carbocycles. The first-order valence-corrected chi connectivity index (χ1v) is 33.1. The summed E-state index contributed by atoms with van der Waals surface area (Å²) < 4.78 is 11.5. The number of fused-ring (bicyclic) bond motifs is 3. The number of anilines is 3. The second kappa shape index (κ2) is 29.5. The Morgan fingerprint density at radius 1 is 0.809 bits per heavy atom. The zero-order chi connectivity index (χ0) is 67.7. The number of rotatable bonds is 29. The molecule has 496 valence electrons. The number of nitrogens with zero attached hydrogens (tertiary/aromatic N) is 7. The fourth-order valence-corrected chi connectivity index (χ4v) is 12.8. The minimum absolute atomic E-state index is 0.0528. The maximum atomic E-state index is 13.1. The smallest absolute Gasteiger partial charge is 0.326 e. The summed E-state index contributed by atoms with van der Waals surface area (Å²) in [4.78, 5) is 81.0. The number of amides is 2. The first kappa shape index (κ1) is 69.3. The lowest BCUT2D eigenvalue weighted by Gasteiger charge is -2.29. The van der Waals surface area contributed by atoms with Crippen molar-refractivity contribution in [3.05, 3.63) is 187 Å².